The van der Waals surface area contributed by atoms with Gasteiger partial charge in [-0.25, -0.2) is 4.39 Å². The smallest absolute Gasteiger partial charge is 0.310 e. The number of hydrogen-bond donors (Lipinski definition) is 4. The summed E-state index contributed by atoms with van der Waals surface area (Å²) in [6, 6.07) is 19.1. The molecule has 1 amide bonds. The highest BCUT2D eigenvalue weighted by Gasteiger charge is 2.36. The lowest BCUT2D eigenvalue weighted by Crippen LogP contribution is -2.24. The summed E-state index contributed by atoms with van der Waals surface area (Å²) in [6.45, 7) is 7.87. The van der Waals surface area contributed by atoms with Crippen LogP contribution in [0.15, 0.2) is 83.9 Å². The van der Waals surface area contributed by atoms with Crippen LogP contribution in [0.2, 0.25) is 5.02 Å². The molecule has 0 aliphatic carbocycles. The molecule has 2 unspecified atom stereocenters. The molecular formula is C33H39BrClFN4O5. The van der Waals surface area contributed by atoms with Gasteiger partial charge in [0, 0.05) is 47.0 Å². The van der Waals surface area contributed by atoms with Crippen LogP contribution in [0.5, 0.6) is 0 Å². The first kappa shape index (κ1) is 37.4. The average molecular weight is 706 g/mol. The van der Waals surface area contributed by atoms with Crippen LogP contribution in [0.25, 0.3) is 0 Å². The number of nitrogen functional groups attached to an aromatic ring is 2. The van der Waals surface area contributed by atoms with Crippen LogP contribution in [0.3, 0.4) is 0 Å². The van der Waals surface area contributed by atoms with E-state index < -0.39 is 0 Å². The number of ketones is 1. The Balaban J connectivity index is 0.000000225. The maximum absolute atomic E-state index is 13.9. The van der Waals surface area contributed by atoms with Gasteiger partial charge in [-0.15, -0.1) is 0 Å². The lowest BCUT2D eigenvalue weighted by Gasteiger charge is -2.18. The molecular weight excluding hydrogens is 667 g/mol. The Kier molecular flexibility index (Phi) is 16.9. The normalized spacial score (nSPS) is 16.8. The molecule has 12 heteroatoms. The van der Waals surface area contributed by atoms with Crippen LogP contribution >= 0.6 is 27.5 Å². The Hall–Kier alpha value is -3.77. The minimum atomic E-state index is -0.305. The molecule has 2 atom stereocenters. The Labute approximate surface area is 276 Å². The van der Waals surface area contributed by atoms with Crippen molar-refractivity contribution in [3.8, 4) is 0 Å². The van der Waals surface area contributed by atoms with E-state index in [-0.39, 0.29) is 29.5 Å². The summed E-state index contributed by atoms with van der Waals surface area (Å²) in [6.07, 6.45) is 2.45. The second kappa shape index (κ2) is 20.3. The summed E-state index contributed by atoms with van der Waals surface area (Å²) >= 11 is 8.78. The van der Waals surface area contributed by atoms with E-state index in [0.717, 1.165) is 10.7 Å². The first-order valence-electron chi connectivity index (χ1n) is 14.3. The van der Waals surface area contributed by atoms with Crippen LogP contribution in [0.1, 0.15) is 31.2 Å². The van der Waals surface area contributed by atoms with E-state index in [0.29, 0.717) is 72.9 Å². The number of carbonyl (C=O) groups is 3. The molecule has 2 fully saturated rings. The van der Waals surface area contributed by atoms with Gasteiger partial charge < -0.3 is 31.6 Å². The van der Waals surface area contributed by atoms with Crippen LogP contribution in [0.4, 0.5) is 21.5 Å². The number of anilines is 3. The predicted octanol–water partition coefficient (Wildman–Crippen LogP) is 6.14. The average Bonchev–Trinajstić information content (AvgIpc) is 3.51. The number of esters is 1. The topological polar surface area (TPSA) is 146 Å². The molecule has 0 radical (unpaired) electrons. The lowest BCUT2D eigenvalue weighted by molar-refractivity contribution is -0.147. The third-order valence-corrected chi connectivity index (χ3v) is 7.24. The highest BCUT2D eigenvalue weighted by atomic mass is 79.9. The number of ether oxygens (including phenoxy) is 2. The first-order valence-corrected chi connectivity index (χ1v) is 15.4. The third kappa shape index (κ3) is 13.8. The van der Waals surface area contributed by atoms with Gasteiger partial charge in [-0.3, -0.25) is 14.4 Å². The SMILES string of the molecule is C=CC(=O)Nc1ccccc1N.CCOC(=O)C1CNCC1c1ccc(Br)cc1F.Nc1ccc(Cl)cc1.O=C1CCOCC1. The van der Waals surface area contributed by atoms with Gasteiger partial charge in [-0.1, -0.05) is 52.3 Å². The summed E-state index contributed by atoms with van der Waals surface area (Å²) in [5.74, 6) is -0.917. The van der Waals surface area contributed by atoms with Gasteiger partial charge in [0.05, 0.1) is 37.1 Å². The fourth-order valence-corrected chi connectivity index (χ4v) is 4.62. The molecule has 45 heavy (non-hydrogen) atoms. The van der Waals surface area contributed by atoms with Crippen molar-refractivity contribution in [3.05, 3.63) is 100 Å². The van der Waals surface area contributed by atoms with E-state index in [1.54, 1.807) is 67.6 Å². The molecule has 0 spiro atoms. The van der Waals surface area contributed by atoms with E-state index in [1.165, 1.54) is 12.1 Å². The van der Waals surface area contributed by atoms with E-state index in [1.807, 2.05) is 0 Å². The van der Waals surface area contributed by atoms with Crippen molar-refractivity contribution in [2.45, 2.75) is 25.7 Å². The summed E-state index contributed by atoms with van der Waals surface area (Å²) in [7, 11) is 0. The van der Waals surface area contributed by atoms with Crippen molar-refractivity contribution >= 4 is 62.3 Å². The minimum absolute atomic E-state index is 0.155. The minimum Gasteiger partial charge on any atom is -0.466 e. The van der Waals surface area contributed by atoms with Crippen molar-refractivity contribution < 1.29 is 28.2 Å². The maximum atomic E-state index is 13.9. The zero-order valence-corrected chi connectivity index (χ0v) is 27.4. The van der Waals surface area contributed by atoms with Crippen LogP contribution < -0.4 is 22.1 Å². The Morgan fingerprint density at radius 3 is 2.31 bits per heavy atom. The van der Waals surface area contributed by atoms with Crippen LogP contribution in [-0.4, -0.2) is 50.6 Å². The molecule has 5 rings (SSSR count). The largest absolute Gasteiger partial charge is 0.466 e. The van der Waals surface area contributed by atoms with Crippen molar-refractivity contribution in [2.75, 3.05) is 49.7 Å². The number of hydrogen-bond acceptors (Lipinski definition) is 8. The number of amides is 1. The van der Waals surface area contributed by atoms with E-state index in [2.05, 4.69) is 33.1 Å². The van der Waals surface area contributed by atoms with Crippen molar-refractivity contribution in [2.24, 2.45) is 5.92 Å². The lowest BCUT2D eigenvalue weighted by atomic mass is 9.88. The highest BCUT2D eigenvalue weighted by molar-refractivity contribution is 9.10. The fraction of sp³-hybridized carbons (Fsp3) is 0.303. The number of para-hydroxylation sites is 2. The van der Waals surface area contributed by atoms with Crippen molar-refractivity contribution in [1.82, 2.24) is 5.32 Å². The molecule has 2 aliphatic heterocycles. The van der Waals surface area contributed by atoms with Gasteiger partial charge in [0.2, 0.25) is 5.91 Å². The molecule has 2 saturated heterocycles. The molecule has 3 aromatic rings. The van der Waals surface area contributed by atoms with Gasteiger partial charge in [-0.2, -0.15) is 0 Å². The van der Waals surface area contributed by atoms with E-state index >= 15 is 0 Å². The quantitative estimate of drug-likeness (QED) is 0.141. The molecule has 2 heterocycles. The molecule has 6 N–H and O–H groups in total. The number of benzene rings is 3. The standard InChI is InChI=1S/C13H15BrFNO2.C9H10N2O.C6H6ClN.C5H8O2/c1-2-18-13(17)11-7-16-6-10(11)9-4-3-8(14)5-12(9)15;1-2-9(12)11-8-6-4-3-5-7(8)10;7-5-1-3-6(8)4-2-5;6-5-1-3-7-4-2-5/h3-5,10-11,16H,2,6-7H2,1H3;2-6H,1,10H2,(H,11,12);1-4H,8H2;1-4H2. The second-order valence-corrected chi connectivity index (χ2v) is 11.1. The summed E-state index contributed by atoms with van der Waals surface area (Å²) in [4.78, 5) is 33.0. The number of halogens is 3. The highest BCUT2D eigenvalue weighted by Crippen LogP contribution is 2.32. The van der Waals surface area contributed by atoms with Crippen LogP contribution in [-0.2, 0) is 23.9 Å². The maximum Gasteiger partial charge on any atom is 0.310 e. The fourth-order valence-electron chi connectivity index (χ4n) is 4.16. The van der Waals surface area contributed by atoms with E-state index in [4.69, 9.17) is 32.5 Å². The van der Waals surface area contributed by atoms with E-state index in [9.17, 15) is 18.8 Å². The molecule has 0 bridgehead atoms. The zero-order chi connectivity index (χ0) is 33.2. The number of carbonyl (C=O) groups excluding carboxylic acids is 3. The number of nitrogens with one attached hydrogen (secondary N) is 2. The summed E-state index contributed by atoms with van der Waals surface area (Å²) < 4.78 is 24.6. The summed E-state index contributed by atoms with van der Waals surface area (Å²) in [5.41, 5.74) is 13.4. The zero-order valence-electron chi connectivity index (χ0n) is 25.1. The number of nitrogens with two attached hydrogens (primary N) is 2. The van der Waals surface area contributed by atoms with Gasteiger partial charge >= 0.3 is 5.97 Å². The third-order valence-electron chi connectivity index (χ3n) is 6.49. The predicted molar refractivity (Wildman–Crippen MR) is 180 cm³/mol. The van der Waals surface area contributed by atoms with Crippen molar-refractivity contribution in [1.29, 1.82) is 0 Å². The Bertz CT molecular complexity index is 1380. The first-order chi connectivity index (χ1) is 21.5. The van der Waals surface area contributed by atoms with Gasteiger partial charge in [0.25, 0.3) is 0 Å². The molecule has 0 saturated carbocycles. The van der Waals surface area contributed by atoms with Crippen LogP contribution in [0, 0.1) is 11.7 Å². The summed E-state index contributed by atoms with van der Waals surface area (Å²) in [5, 5.41) is 6.42. The number of Topliss-reactive ketones (excluding diaryl/α,β-unsaturated/α-hetero) is 1. The van der Waals surface area contributed by atoms with Gasteiger partial charge in [0.1, 0.15) is 11.6 Å². The Morgan fingerprint density at radius 1 is 1.11 bits per heavy atom. The van der Waals surface area contributed by atoms with Gasteiger partial charge in [0.15, 0.2) is 0 Å². The number of rotatable bonds is 5. The molecule has 2 aliphatic rings. The second-order valence-electron chi connectivity index (χ2n) is 9.77. The molecule has 3 aromatic carbocycles. The van der Waals surface area contributed by atoms with Gasteiger partial charge in [-0.05, 0) is 67.1 Å². The molecule has 9 nitrogen and oxygen atoms in total. The molecule has 242 valence electrons. The monoisotopic (exact) mass is 704 g/mol. The molecule has 0 aromatic heterocycles. The Morgan fingerprint density at radius 2 is 1.78 bits per heavy atom. The van der Waals surface area contributed by atoms with Crippen molar-refractivity contribution in [3.63, 3.8) is 0 Å².